The molecule has 0 saturated heterocycles. The van der Waals surface area contributed by atoms with Gasteiger partial charge >= 0.3 is 0 Å². The van der Waals surface area contributed by atoms with Crippen molar-refractivity contribution >= 4 is 29.4 Å². The van der Waals surface area contributed by atoms with Crippen molar-refractivity contribution in [2.45, 2.75) is 13.3 Å². The van der Waals surface area contributed by atoms with Gasteiger partial charge in [0.1, 0.15) is 12.4 Å². The van der Waals surface area contributed by atoms with Crippen LogP contribution in [0.4, 0.5) is 0 Å². The summed E-state index contributed by atoms with van der Waals surface area (Å²) >= 11 is 11.5. The zero-order valence-corrected chi connectivity index (χ0v) is 9.72. The second kappa shape index (κ2) is 5.83. The minimum Gasteiger partial charge on any atom is -0.506 e. The zero-order valence-electron chi connectivity index (χ0n) is 8.20. The Hall–Kier alpha value is -0.930. The highest BCUT2D eigenvalue weighted by molar-refractivity contribution is 6.36. The second-order valence-electron chi connectivity index (χ2n) is 2.89. The summed E-state index contributed by atoms with van der Waals surface area (Å²) in [6.45, 7) is 2.51. The van der Waals surface area contributed by atoms with E-state index < -0.39 is 0 Å². The van der Waals surface area contributed by atoms with Crippen molar-refractivity contribution in [3.63, 3.8) is 0 Å². The molecule has 1 N–H and O–H groups in total. The lowest BCUT2D eigenvalue weighted by molar-refractivity contribution is 0.146. The number of benzene rings is 1. The van der Waals surface area contributed by atoms with Gasteiger partial charge in [-0.3, -0.25) is 0 Å². The monoisotopic (exact) mass is 247 g/mol. The Balaban J connectivity index is 2.80. The van der Waals surface area contributed by atoms with Crippen LogP contribution in [0.15, 0.2) is 17.3 Å². The molecule has 0 saturated carbocycles. The molecule has 82 valence electrons. The number of halogens is 2. The maximum absolute atomic E-state index is 9.54. The summed E-state index contributed by atoms with van der Waals surface area (Å²) in [6.07, 6.45) is 2.25. The van der Waals surface area contributed by atoms with E-state index in [1.807, 2.05) is 6.92 Å². The Labute approximate surface area is 98.3 Å². The summed E-state index contributed by atoms with van der Waals surface area (Å²) in [5, 5.41) is 13.8. The molecule has 0 radical (unpaired) electrons. The Bertz CT molecular complexity index is 367. The molecule has 5 heteroatoms. The number of aromatic hydroxyl groups is 1. The first-order valence-electron chi connectivity index (χ1n) is 4.48. The van der Waals surface area contributed by atoms with Crippen LogP contribution in [0.25, 0.3) is 0 Å². The van der Waals surface area contributed by atoms with Crippen molar-refractivity contribution < 1.29 is 9.94 Å². The molecule has 0 atom stereocenters. The van der Waals surface area contributed by atoms with Gasteiger partial charge in [0.15, 0.2) is 0 Å². The van der Waals surface area contributed by atoms with Crippen molar-refractivity contribution in [2.24, 2.45) is 5.16 Å². The quantitative estimate of drug-likeness (QED) is 0.503. The fraction of sp³-hybridized carbons (Fsp3) is 0.300. The van der Waals surface area contributed by atoms with Gasteiger partial charge in [-0.15, -0.1) is 0 Å². The van der Waals surface area contributed by atoms with Gasteiger partial charge in [0.05, 0.1) is 11.2 Å². The number of hydrogen-bond acceptors (Lipinski definition) is 3. The summed E-state index contributed by atoms with van der Waals surface area (Å²) in [4.78, 5) is 4.89. The van der Waals surface area contributed by atoms with Crippen LogP contribution in [0.5, 0.6) is 5.75 Å². The van der Waals surface area contributed by atoms with Crippen LogP contribution < -0.4 is 0 Å². The molecule has 15 heavy (non-hydrogen) atoms. The van der Waals surface area contributed by atoms with Crippen molar-refractivity contribution in [2.75, 3.05) is 6.61 Å². The molecule has 0 unspecified atom stereocenters. The third-order valence-electron chi connectivity index (χ3n) is 1.62. The molecular weight excluding hydrogens is 237 g/mol. The summed E-state index contributed by atoms with van der Waals surface area (Å²) < 4.78 is 0. The number of hydrogen-bond donors (Lipinski definition) is 1. The lowest BCUT2D eigenvalue weighted by atomic mass is 10.2. The summed E-state index contributed by atoms with van der Waals surface area (Å²) in [7, 11) is 0. The van der Waals surface area contributed by atoms with E-state index in [-0.39, 0.29) is 10.8 Å². The Morgan fingerprint density at radius 1 is 1.47 bits per heavy atom. The Kier molecular flexibility index (Phi) is 4.72. The van der Waals surface area contributed by atoms with Crippen LogP contribution in [0, 0.1) is 0 Å². The average molecular weight is 248 g/mol. The first kappa shape index (κ1) is 12.1. The summed E-state index contributed by atoms with van der Waals surface area (Å²) in [5.41, 5.74) is 0.434. The molecule has 0 aliphatic heterocycles. The number of phenols is 1. The summed E-state index contributed by atoms with van der Waals surface area (Å²) in [5.74, 6) is -0.0510. The molecule has 3 nitrogen and oxygen atoms in total. The van der Waals surface area contributed by atoms with Gasteiger partial charge in [-0.05, 0) is 18.6 Å². The van der Waals surface area contributed by atoms with Crippen LogP contribution in [0.1, 0.15) is 18.9 Å². The fourth-order valence-corrected chi connectivity index (χ4v) is 1.43. The predicted octanol–water partition coefficient (Wildman–Crippen LogP) is 3.46. The van der Waals surface area contributed by atoms with Gasteiger partial charge < -0.3 is 9.94 Å². The largest absolute Gasteiger partial charge is 0.506 e. The predicted molar refractivity (Wildman–Crippen MR) is 62.0 cm³/mol. The molecule has 0 heterocycles. The van der Waals surface area contributed by atoms with E-state index >= 15 is 0 Å². The van der Waals surface area contributed by atoms with Crippen LogP contribution in [0.3, 0.4) is 0 Å². The highest BCUT2D eigenvalue weighted by Gasteiger charge is 2.05. The van der Waals surface area contributed by atoms with Gasteiger partial charge in [0, 0.05) is 10.6 Å². The van der Waals surface area contributed by atoms with Crippen LogP contribution in [-0.4, -0.2) is 17.9 Å². The van der Waals surface area contributed by atoms with Crippen molar-refractivity contribution in [3.8, 4) is 5.75 Å². The molecule has 0 aliphatic rings. The number of oxime groups is 1. The molecule has 0 bridgehead atoms. The number of nitrogens with zero attached hydrogens (tertiary/aromatic N) is 1. The van der Waals surface area contributed by atoms with Crippen LogP contribution in [-0.2, 0) is 4.84 Å². The Morgan fingerprint density at radius 2 is 2.20 bits per heavy atom. The van der Waals surface area contributed by atoms with E-state index in [2.05, 4.69) is 5.16 Å². The van der Waals surface area contributed by atoms with Gasteiger partial charge in [-0.25, -0.2) is 0 Å². The molecule has 1 aromatic carbocycles. The average Bonchev–Trinajstić information content (AvgIpc) is 2.19. The van der Waals surface area contributed by atoms with Gasteiger partial charge in [0.2, 0.25) is 0 Å². The summed E-state index contributed by atoms with van der Waals surface area (Å²) in [6, 6.07) is 3.02. The van der Waals surface area contributed by atoms with Gasteiger partial charge in [-0.1, -0.05) is 35.3 Å². The number of rotatable bonds is 4. The SMILES string of the molecule is CCCO/N=C/c1cc(Cl)cc(Cl)c1O. The lowest BCUT2D eigenvalue weighted by Gasteiger charge is -2.02. The minimum absolute atomic E-state index is 0.0510. The van der Waals surface area contributed by atoms with E-state index in [0.717, 1.165) is 6.42 Å². The van der Waals surface area contributed by atoms with E-state index in [1.165, 1.54) is 12.3 Å². The molecule has 0 fully saturated rings. The van der Waals surface area contributed by atoms with Gasteiger partial charge in [0.25, 0.3) is 0 Å². The third kappa shape index (κ3) is 3.61. The number of phenolic OH excluding ortho intramolecular Hbond substituents is 1. The topological polar surface area (TPSA) is 41.8 Å². The highest BCUT2D eigenvalue weighted by atomic mass is 35.5. The van der Waals surface area contributed by atoms with E-state index in [4.69, 9.17) is 28.0 Å². The fourth-order valence-electron chi connectivity index (χ4n) is 0.922. The Morgan fingerprint density at radius 3 is 2.87 bits per heavy atom. The normalized spacial score (nSPS) is 10.9. The smallest absolute Gasteiger partial charge is 0.143 e. The first-order chi connectivity index (χ1) is 7.15. The van der Waals surface area contributed by atoms with E-state index in [1.54, 1.807) is 6.07 Å². The standard InChI is InChI=1S/C10H11Cl2NO2/c1-2-3-15-13-6-7-4-8(11)5-9(12)10(7)14/h4-6,14H,2-3H2,1H3/b13-6+. The molecular formula is C10H11Cl2NO2. The van der Waals surface area contributed by atoms with Crippen LogP contribution >= 0.6 is 23.2 Å². The molecule has 0 aromatic heterocycles. The molecule has 0 aliphatic carbocycles. The first-order valence-corrected chi connectivity index (χ1v) is 5.24. The van der Waals surface area contributed by atoms with Crippen molar-refractivity contribution in [1.29, 1.82) is 0 Å². The van der Waals surface area contributed by atoms with E-state index in [0.29, 0.717) is 17.2 Å². The van der Waals surface area contributed by atoms with Crippen molar-refractivity contribution in [1.82, 2.24) is 0 Å². The molecule has 1 rings (SSSR count). The minimum atomic E-state index is -0.0510. The van der Waals surface area contributed by atoms with Gasteiger partial charge in [-0.2, -0.15) is 0 Å². The zero-order chi connectivity index (χ0) is 11.3. The van der Waals surface area contributed by atoms with Crippen LogP contribution in [0.2, 0.25) is 10.0 Å². The lowest BCUT2D eigenvalue weighted by Crippen LogP contribution is -1.88. The highest BCUT2D eigenvalue weighted by Crippen LogP contribution is 2.29. The second-order valence-corrected chi connectivity index (χ2v) is 3.74. The van der Waals surface area contributed by atoms with Crippen molar-refractivity contribution in [3.05, 3.63) is 27.7 Å². The maximum Gasteiger partial charge on any atom is 0.143 e. The molecule has 0 spiro atoms. The third-order valence-corrected chi connectivity index (χ3v) is 2.13. The molecule has 1 aromatic rings. The maximum atomic E-state index is 9.54. The van der Waals surface area contributed by atoms with E-state index in [9.17, 15) is 5.11 Å². The molecule has 0 amide bonds.